The molecule has 12 atom stereocenters. The van der Waals surface area contributed by atoms with E-state index >= 15 is 0 Å². The van der Waals surface area contributed by atoms with Crippen LogP contribution in [0, 0.1) is 0 Å². The molecule has 0 aliphatic carbocycles. The van der Waals surface area contributed by atoms with Crippen LogP contribution in [0.1, 0.15) is 245 Å². The summed E-state index contributed by atoms with van der Waals surface area (Å²) in [6, 6.07) is -0.927. The molecule has 0 aromatic rings. The van der Waals surface area contributed by atoms with Gasteiger partial charge in [0.25, 0.3) is 0 Å². The third kappa shape index (κ3) is 30.3. The Bertz CT molecular complexity index is 1300. The zero-order valence-corrected chi connectivity index (χ0v) is 45.4. The lowest BCUT2D eigenvalue weighted by molar-refractivity contribution is -0.359. The van der Waals surface area contributed by atoms with E-state index in [-0.39, 0.29) is 18.9 Å². The second-order valence-electron chi connectivity index (χ2n) is 21.1. The molecule has 9 N–H and O–H groups in total. The van der Waals surface area contributed by atoms with Crippen molar-refractivity contribution < 1.29 is 64.6 Å². The molecule has 2 saturated heterocycles. The van der Waals surface area contributed by atoms with Crippen molar-refractivity contribution in [3.8, 4) is 0 Å². The highest BCUT2D eigenvalue weighted by Crippen LogP contribution is 2.30. The van der Waals surface area contributed by atoms with Gasteiger partial charge in [0.2, 0.25) is 5.91 Å². The molecule has 2 rings (SSSR count). The average Bonchev–Trinajstić information content (AvgIpc) is 3.38. The van der Waals surface area contributed by atoms with Crippen LogP contribution in [0.4, 0.5) is 0 Å². The van der Waals surface area contributed by atoms with Crippen LogP contribution in [-0.4, -0.2) is 140 Å². The Morgan fingerprint density at radius 1 is 0.486 bits per heavy atom. The Balaban J connectivity index is 1.79. The van der Waals surface area contributed by atoms with Gasteiger partial charge in [-0.1, -0.05) is 231 Å². The predicted octanol–water partition coefficient (Wildman–Crippen LogP) is 9.67. The summed E-state index contributed by atoms with van der Waals surface area (Å²) in [5, 5.41) is 87.0. The number of aliphatic hydroxyl groups is 8. The fourth-order valence-electron chi connectivity index (χ4n) is 9.84. The Morgan fingerprint density at radius 2 is 0.889 bits per heavy atom. The third-order valence-corrected chi connectivity index (χ3v) is 14.6. The first-order chi connectivity index (χ1) is 35.1. The van der Waals surface area contributed by atoms with Crippen LogP contribution in [-0.2, 0) is 23.7 Å². The van der Waals surface area contributed by atoms with Crippen LogP contribution in [0.25, 0.3) is 0 Å². The zero-order chi connectivity index (χ0) is 52.4. The van der Waals surface area contributed by atoms with Crippen molar-refractivity contribution in [3.63, 3.8) is 0 Å². The van der Waals surface area contributed by atoms with Crippen LogP contribution < -0.4 is 5.32 Å². The minimum atomic E-state index is -1.79. The van der Waals surface area contributed by atoms with Crippen LogP contribution >= 0.6 is 0 Å². The molecule has 0 saturated carbocycles. The molecule has 12 unspecified atom stereocenters. The quantitative estimate of drug-likeness (QED) is 0.0205. The minimum Gasteiger partial charge on any atom is -0.394 e. The van der Waals surface area contributed by atoms with Crippen LogP contribution in [0.3, 0.4) is 0 Å². The van der Waals surface area contributed by atoms with Crippen molar-refractivity contribution in [2.45, 2.75) is 319 Å². The van der Waals surface area contributed by atoms with E-state index in [1.54, 1.807) is 6.08 Å². The molecule has 14 nitrogen and oxygen atoms in total. The maximum Gasteiger partial charge on any atom is 0.220 e. The predicted molar refractivity (Wildman–Crippen MR) is 286 cm³/mol. The number of amides is 1. The molecule has 14 heteroatoms. The van der Waals surface area contributed by atoms with E-state index in [2.05, 4.69) is 31.3 Å². The summed E-state index contributed by atoms with van der Waals surface area (Å²) in [5.41, 5.74) is 0. The molecule has 0 spiro atoms. The van der Waals surface area contributed by atoms with Crippen molar-refractivity contribution in [2.24, 2.45) is 0 Å². The molecule has 2 aliphatic rings. The number of carbonyl (C=O) groups excluding carboxylic acids is 1. The molecule has 72 heavy (non-hydrogen) atoms. The minimum absolute atomic E-state index is 0.245. The lowest BCUT2D eigenvalue weighted by Crippen LogP contribution is -2.65. The second-order valence-corrected chi connectivity index (χ2v) is 21.1. The van der Waals surface area contributed by atoms with Crippen molar-refractivity contribution in [2.75, 3.05) is 19.8 Å². The highest BCUT2D eigenvalue weighted by atomic mass is 16.7. The molecular weight excluding hydrogens is 919 g/mol. The van der Waals surface area contributed by atoms with Gasteiger partial charge in [0.1, 0.15) is 48.8 Å². The fraction of sp³-hybridized carbons (Fsp3) is 0.914. The summed E-state index contributed by atoms with van der Waals surface area (Å²) in [4.78, 5) is 13.2. The summed E-state index contributed by atoms with van der Waals surface area (Å²) in [6.45, 7) is 2.80. The average molecular weight is 1030 g/mol. The van der Waals surface area contributed by atoms with Gasteiger partial charge < -0.3 is 65.1 Å². The summed E-state index contributed by atoms with van der Waals surface area (Å²) < 4.78 is 22.8. The fourth-order valence-corrected chi connectivity index (χ4v) is 9.84. The summed E-state index contributed by atoms with van der Waals surface area (Å²) >= 11 is 0. The van der Waals surface area contributed by atoms with Gasteiger partial charge in [-0.15, -0.1) is 0 Å². The maximum atomic E-state index is 13.2. The molecule has 0 bridgehead atoms. The first-order valence-corrected chi connectivity index (χ1v) is 29.6. The van der Waals surface area contributed by atoms with E-state index in [1.165, 1.54) is 180 Å². The monoisotopic (exact) mass is 1030 g/mol. The van der Waals surface area contributed by atoms with Crippen molar-refractivity contribution in [1.82, 2.24) is 5.32 Å². The number of aliphatic hydroxyl groups excluding tert-OH is 8. The first-order valence-electron chi connectivity index (χ1n) is 29.6. The number of hydrogen-bond donors (Lipinski definition) is 9. The number of ether oxygens (including phenoxy) is 4. The molecule has 2 aliphatic heterocycles. The van der Waals surface area contributed by atoms with Crippen molar-refractivity contribution in [1.29, 1.82) is 0 Å². The van der Waals surface area contributed by atoms with Gasteiger partial charge in [-0.2, -0.15) is 0 Å². The molecule has 0 aromatic carbocycles. The van der Waals surface area contributed by atoms with Crippen LogP contribution in [0.15, 0.2) is 24.3 Å². The highest BCUT2D eigenvalue weighted by molar-refractivity contribution is 5.76. The topological polar surface area (TPSA) is 228 Å². The Morgan fingerprint density at radius 3 is 1.36 bits per heavy atom. The van der Waals surface area contributed by atoms with Gasteiger partial charge in [0.15, 0.2) is 12.6 Å². The normalized spacial score (nSPS) is 25.7. The largest absolute Gasteiger partial charge is 0.394 e. The van der Waals surface area contributed by atoms with Crippen LogP contribution in [0.5, 0.6) is 0 Å². The lowest BCUT2D eigenvalue weighted by atomic mass is 9.97. The smallest absolute Gasteiger partial charge is 0.220 e. The molecule has 0 radical (unpaired) electrons. The number of unbranched alkanes of at least 4 members (excludes halogenated alkanes) is 32. The number of carbonyl (C=O) groups is 1. The SMILES string of the molecule is CCCCCCCCCCCCCCCCC/C=C/CC/C=C/C(O)C(COC1OC(CO)C(OC2OC(CO)C(O)C(O)C2O)C(O)C1O)NC(=O)CCCCCCCCCCCCCCCCCCC. The Hall–Kier alpha value is -1.53. The summed E-state index contributed by atoms with van der Waals surface area (Å²) in [7, 11) is 0. The lowest BCUT2D eigenvalue weighted by Gasteiger charge is -2.46. The van der Waals surface area contributed by atoms with E-state index < -0.39 is 86.8 Å². The van der Waals surface area contributed by atoms with Crippen molar-refractivity contribution in [3.05, 3.63) is 24.3 Å². The van der Waals surface area contributed by atoms with E-state index in [9.17, 15) is 45.6 Å². The molecule has 424 valence electrons. The van der Waals surface area contributed by atoms with Crippen molar-refractivity contribution >= 4 is 5.91 Å². The van der Waals surface area contributed by atoms with Gasteiger partial charge in [-0.25, -0.2) is 0 Å². The second kappa shape index (κ2) is 44.6. The van der Waals surface area contributed by atoms with Gasteiger partial charge in [0, 0.05) is 6.42 Å². The van der Waals surface area contributed by atoms with Gasteiger partial charge in [-0.3, -0.25) is 4.79 Å². The number of rotatable bonds is 47. The van der Waals surface area contributed by atoms with Gasteiger partial charge in [-0.05, 0) is 32.1 Å². The van der Waals surface area contributed by atoms with Gasteiger partial charge in [0.05, 0.1) is 32.0 Å². The Kier molecular flexibility index (Phi) is 41.2. The van der Waals surface area contributed by atoms with Crippen LogP contribution in [0.2, 0.25) is 0 Å². The van der Waals surface area contributed by atoms with Gasteiger partial charge >= 0.3 is 0 Å². The molecular formula is C58H109NO13. The van der Waals surface area contributed by atoms with E-state index in [0.717, 1.165) is 32.1 Å². The number of hydrogen-bond acceptors (Lipinski definition) is 13. The summed E-state index contributed by atoms with van der Waals surface area (Å²) in [6.07, 6.45) is 35.0. The number of allylic oxidation sites excluding steroid dienone is 3. The van der Waals surface area contributed by atoms with E-state index in [0.29, 0.717) is 12.8 Å². The molecule has 0 aromatic heterocycles. The summed E-state index contributed by atoms with van der Waals surface area (Å²) in [5.74, 6) is -0.245. The Labute approximate surface area is 437 Å². The zero-order valence-electron chi connectivity index (χ0n) is 45.4. The molecule has 1 amide bonds. The molecule has 2 fully saturated rings. The van der Waals surface area contributed by atoms with E-state index in [4.69, 9.17) is 18.9 Å². The standard InChI is InChI=1S/C58H109NO13/c1-3-5-7-9-11-13-15-17-19-21-22-23-24-26-27-29-31-33-35-37-39-41-47(62)46(59-50(63)42-40-38-36-34-32-30-28-25-20-18-16-14-12-10-8-6-4-2)45-69-57-55(68)53(66)56(49(44-61)71-57)72-58-54(67)52(65)51(64)48(43-60)70-58/h31,33,39,41,46-49,51-58,60-62,64-68H,3-30,32,34-38,40,42-45H2,1-2H3,(H,59,63)/b33-31+,41-39+. The number of nitrogens with one attached hydrogen (secondary N) is 1. The molecule has 2 heterocycles. The third-order valence-electron chi connectivity index (χ3n) is 14.6. The first kappa shape index (κ1) is 66.6. The highest BCUT2D eigenvalue weighted by Gasteiger charge is 2.51. The maximum absolute atomic E-state index is 13.2. The van der Waals surface area contributed by atoms with E-state index in [1.807, 2.05) is 6.08 Å².